The number of aromatic nitrogens is 2. The summed E-state index contributed by atoms with van der Waals surface area (Å²) in [6.45, 7) is 2.69. The number of nitrogens with zero attached hydrogens (tertiary/aromatic N) is 3. The largest absolute Gasteiger partial charge is 0.383 e. The predicted octanol–water partition coefficient (Wildman–Crippen LogP) is 1.45. The monoisotopic (exact) mass is 494 g/mol. The lowest BCUT2D eigenvalue weighted by Gasteiger charge is -2.20. The standard InChI is InChI=1S/C20H22N4O5S3/c1-12-4-3-7-23-17(12)22-16(21-6-8-29-2)14(18(23)25)10-15-19(26)24(20(30)31-15)13-5-9-32(27,28)11-13/h3-4,7,10,13,21H,5-6,8-9,11H2,1-2H3. The molecule has 2 saturated heterocycles. The molecule has 32 heavy (non-hydrogen) atoms. The van der Waals surface area contributed by atoms with Crippen LogP contribution in [-0.4, -0.2) is 70.7 Å². The van der Waals surface area contributed by atoms with Gasteiger partial charge in [-0.3, -0.25) is 18.9 Å². The number of amides is 1. The van der Waals surface area contributed by atoms with Crippen molar-refractivity contribution in [2.75, 3.05) is 37.1 Å². The smallest absolute Gasteiger partial charge is 0.267 e. The average molecular weight is 495 g/mol. The number of thiocarbonyl (C=S) groups is 1. The zero-order valence-corrected chi connectivity index (χ0v) is 20.0. The van der Waals surface area contributed by atoms with Crippen LogP contribution in [0.5, 0.6) is 0 Å². The zero-order chi connectivity index (χ0) is 23.0. The Morgan fingerprint density at radius 1 is 1.41 bits per heavy atom. The highest BCUT2D eigenvalue weighted by Crippen LogP contribution is 2.36. The van der Waals surface area contributed by atoms with Crippen molar-refractivity contribution in [2.45, 2.75) is 19.4 Å². The van der Waals surface area contributed by atoms with Gasteiger partial charge in [-0.25, -0.2) is 13.4 Å². The minimum absolute atomic E-state index is 0.0383. The summed E-state index contributed by atoms with van der Waals surface area (Å²) in [5.74, 6) is -0.110. The molecule has 2 aromatic rings. The van der Waals surface area contributed by atoms with Crippen LogP contribution >= 0.6 is 24.0 Å². The van der Waals surface area contributed by atoms with Gasteiger partial charge in [0.2, 0.25) is 0 Å². The SMILES string of the molecule is COCCNc1nc2c(C)cccn2c(=O)c1C=C1SC(=S)N(C2CCS(=O)(=O)C2)C1=O. The number of hydrogen-bond donors (Lipinski definition) is 1. The van der Waals surface area contributed by atoms with Crippen molar-refractivity contribution >= 4 is 61.6 Å². The van der Waals surface area contributed by atoms with Crippen molar-refractivity contribution in [1.29, 1.82) is 0 Å². The third-order valence-electron chi connectivity index (χ3n) is 5.36. The minimum Gasteiger partial charge on any atom is -0.383 e. The van der Waals surface area contributed by atoms with Crippen LogP contribution in [0.1, 0.15) is 17.5 Å². The van der Waals surface area contributed by atoms with Crippen molar-refractivity contribution in [3.05, 3.63) is 44.7 Å². The molecule has 2 aliphatic rings. The number of pyridine rings is 1. The fourth-order valence-corrected chi connectivity index (χ4v) is 6.83. The number of thioether (sulfide) groups is 1. The summed E-state index contributed by atoms with van der Waals surface area (Å²) in [5, 5.41) is 3.11. The first-order chi connectivity index (χ1) is 15.2. The van der Waals surface area contributed by atoms with Gasteiger partial charge in [-0.1, -0.05) is 30.0 Å². The Hall–Kier alpha value is -2.28. The number of aryl methyl sites for hydroxylation is 1. The molecule has 0 aromatic carbocycles. The highest BCUT2D eigenvalue weighted by atomic mass is 32.2. The van der Waals surface area contributed by atoms with E-state index in [4.69, 9.17) is 17.0 Å². The first-order valence-electron chi connectivity index (χ1n) is 9.94. The molecule has 2 aliphatic heterocycles. The third-order valence-corrected chi connectivity index (χ3v) is 8.44. The molecule has 170 valence electrons. The van der Waals surface area contributed by atoms with Crippen LogP contribution in [0.15, 0.2) is 28.0 Å². The highest BCUT2D eigenvalue weighted by Gasteiger charge is 2.42. The molecule has 4 heterocycles. The molecule has 1 amide bonds. The summed E-state index contributed by atoms with van der Waals surface area (Å²) >= 11 is 6.43. The summed E-state index contributed by atoms with van der Waals surface area (Å²) in [5.41, 5.74) is 1.24. The van der Waals surface area contributed by atoms with Gasteiger partial charge >= 0.3 is 0 Å². The number of sulfone groups is 1. The Balaban J connectivity index is 1.76. The second kappa shape index (κ2) is 8.93. The lowest BCUT2D eigenvalue weighted by atomic mass is 10.2. The minimum atomic E-state index is -3.18. The predicted molar refractivity (Wildman–Crippen MR) is 129 cm³/mol. The van der Waals surface area contributed by atoms with Crippen molar-refractivity contribution in [2.24, 2.45) is 0 Å². The Kier molecular flexibility index (Phi) is 6.39. The van der Waals surface area contributed by atoms with Crippen LogP contribution in [-0.2, 0) is 19.4 Å². The number of carbonyl (C=O) groups excluding carboxylic acids is 1. The number of fused-ring (bicyclic) bond motifs is 1. The molecule has 0 bridgehead atoms. The maximum atomic E-state index is 13.3. The summed E-state index contributed by atoms with van der Waals surface area (Å²) in [7, 11) is -1.60. The van der Waals surface area contributed by atoms with E-state index in [0.29, 0.717) is 35.4 Å². The molecule has 1 N–H and O–H groups in total. The van der Waals surface area contributed by atoms with Gasteiger partial charge in [-0.05, 0) is 31.1 Å². The topological polar surface area (TPSA) is 110 Å². The van der Waals surface area contributed by atoms with Crippen LogP contribution < -0.4 is 10.9 Å². The number of carbonyl (C=O) groups is 1. The van der Waals surface area contributed by atoms with Gasteiger partial charge in [0.05, 0.1) is 34.6 Å². The van der Waals surface area contributed by atoms with E-state index in [2.05, 4.69) is 10.3 Å². The van der Waals surface area contributed by atoms with Gasteiger partial charge in [0, 0.05) is 19.9 Å². The summed E-state index contributed by atoms with van der Waals surface area (Å²) in [6, 6.07) is 3.14. The molecule has 2 fully saturated rings. The average Bonchev–Trinajstić information content (AvgIpc) is 3.23. The number of hydrogen-bond acceptors (Lipinski definition) is 9. The molecular weight excluding hydrogens is 472 g/mol. The van der Waals surface area contributed by atoms with E-state index in [-0.39, 0.29) is 27.5 Å². The maximum absolute atomic E-state index is 13.3. The van der Waals surface area contributed by atoms with E-state index in [1.54, 1.807) is 19.4 Å². The highest BCUT2D eigenvalue weighted by molar-refractivity contribution is 8.26. The van der Waals surface area contributed by atoms with Crippen molar-refractivity contribution in [3.63, 3.8) is 0 Å². The van der Waals surface area contributed by atoms with E-state index in [9.17, 15) is 18.0 Å². The number of ether oxygens (including phenoxy) is 1. The first kappa shape index (κ1) is 22.9. The van der Waals surface area contributed by atoms with E-state index in [0.717, 1.165) is 17.3 Å². The van der Waals surface area contributed by atoms with Gasteiger partial charge in [-0.2, -0.15) is 0 Å². The van der Waals surface area contributed by atoms with Crippen molar-refractivity contribution in [1.82, 2.24) is 14.3 Å². The molecule has 1 unspecified atom stereocenters. The third kappa shape index (κ3) is 4.32. The fraction of sp³-hybridized carbons (Fsp3) is 0.400. The first-order valence-corrected chi connectivity index (χ1v) is 13.0. The van der Waals surface area contributed by atoms with Crippen molar-refractivity contribution in [3.8, 4) is 0 Å². The second-order valence-electron chi connectivity index (χ2n) is 7.59. The molecular formula is C20H22N4O5S3. The van der Waals surface area contributed by atoms with Crippen LogP contribution in [0, 0.1) is 6.92 Å². The Labute approximate surface area is 194 Å². The van der Waals surface area contributed by atoms with Crippen LogP contribution in [0.25, 0.3) is 11.7 Å². The van der Waals surface area contributed by atoms with Gasteiger partial charge in [0.1, 0.15) is 15.8 Å². The summed E-state index contributed by atoms with van der Waals surface area (Å²) in [4.78, 5) is 32.6. The lowest BCUT2D eigenvalue weighted by Crippen LogP contribution is -2.39. The van der Waals surface area contributed by atoms with E-state index >= 15 is 0 Å². The van der Waals surface area contributed by atoms with Gasteiger partial charge in [-0.15, -0.1) is 0 Å². The molecule has 2 aromatic heterocycles. The second-order valence-corrected chi connectivity index (χ2v) is 11.5. The Morgan fingerprint density at radius 3 is 2.88 bits per heavy atom. The molecule has 9 nitrogen and oxygen atoms in total. The normalized spacial score (nSPS) is 21.8. The molecule has 0 saturated carbocycles. The van der Waals surface area contributed by atoms with Crippen LogP contribution in [0.3, 0.4) is 0 Å². The van der Waals surface area contributed by atoms with Crippen molar-refractivity contribution < 1.29 is 17.9 Å². The number of methoxy groups -OCH3 is 1. The number of anilines is 1. The molecule has 4 rings (SSSR count). The molecule has 0 radical (unpaired) electrons. The molecule has 1 atom stereocenters. The Bertz CT molecular complexity index is 1300. The van der Waals surface area contributed by atoms with Gasteiger partial charge in [0.15, 0.2) is 9.84 Å². The van der Waals surface area contributed by atoms with Gasteiger partial charge < -0.3 is 10.1 Å². The molecule has 0 spiro atoms. The number of nitrogens with one attached hydrogen (secondary N) is 1. The molecule has 0 aliphatic carbocycles. The molecule has 12 heteroatoms. The zero-order valence-electron chi connectivity index (χ0n) is 17.5. The van der Waals surface area contributed by atoms with Crippen LogP contribution in [0.4, 0.5) is 5.82 Å². The summed E-state index contributed by atoms with van der Waals surface area (Å²) in [6.07, 6.45) is 3.47. The van der Waals surface area contributed by atoms with E-state index < -0.39 is 21.8 Å². The van der Waals surface area contributed by atoms with E-state index in [1.165, 1.54) is 15.4 Å². The maximum Gasteiger partial charge on any atom is 0.267 e. The fourth-order valence-electron chi connectivity index (χ4n) is 3.75. The van der Waals surface area contributed by atoms with E-state index in [1.807, 2.05) is 13.0 Å². The summed E-state index contributed by atoms with van der Waals surface area (Å²) < 4.78 is 30.6. The lowest BCUT2D eigenvalue weighted by molar-refractivity contribution is -0.123. The number of rotatable bonds is 6. The van der Waals surface area contributed by atoms with Crippen LogP contribution in [0.2, 0.25) is 0 Å². The quantitative estimate of drug-likeness (QED) is 0.362. The van der Waals surface area contributed by atoms with Gasteiger partial charge in [0.25, 0.3) is 11.5 Å². The Morgan fingerprint density at radius 2 is 2.19 bits per heavy atom.